The van der Waals surface area contributed by atoms with E-state index in [9.17, 15) is 0 Å². The maximum atomic E-state index is 8.19. The molecule has 0 fully saturated rings. The first-order valence-electron chi connectivity index (χ1n) is 16.5. The van der Waals surface area contributed by atoms with E-state index in [0.717, 1.165) is 106 Å². The average molecular weight is 684 g/mol. The Morgan fingerprint density at radius 1 is 0.260 bits per heavy atom. The van der Waals surface area contributed by atoms with Crippen LogP contribution in [0.2, 0.25) is 0 Å². The second kappa shape index (κ2) is 13.8. The number of hydrogen-bond acceptors (Lipinski definition) is 1. The summed E-state index contributed by atoms with van der Waals surface area (Å²) in [6.45, 7) is 0. The Hall–Kier alpha value is -6.14. The largest absolute Gasteiger partial charge is 0.354 e. The minimum atomic E-state index is 1.04. The van der Waals surface area contributed by atoms with E-state index in [0.29, 0.717) is 0 Å². The third kappa shape index (κ3) is 5.79. The summed E-state index contributed by atoms with van der Waals surface area (Å²) in [5, 5.41) is 4.16. The number of rotatable bonds is 4. The molecule has 239 valence electrons. The van der Waals surface area contributed by atoms with Crippen molar-refractivity contribution in [3.05, 3.63) is 236 Å². The molecule has 0 saturated carbocycles. The van der Waals surface area contributed by atoms with Crippen molar-refractivity contribution in [1.82, 2.24) is 19.9 Å². The van der Waals surface area contributed by atoms with E-state index in [-0.39, 0.29) is 0 Å². The number of hydrogen-bond donors (Lipinski definition) is 4. The van der Waals surface area contributed by atoms with Crippen LogP contribution in [0.1, 0.15) is 45.0 Å². The summed E-state index contributed by atoms with van der Waals surface area (Å²) in [6, 6.07) is 60.0. The first-order chi connectivity index (χ1) is 24.8. The van der Waals surface area contributed by atoms with Gasteiger partial charge >= 0.3 is 21.0 Å². The molecule has 1 aliphatic rings. The fraction of sp³-hybridized carbons (Fsp3) is 0. The van der Waals surface area contributed by atoms with Gasteiger partial charge in [-0.2, -0.15) is 0 Å². The molecule has 8 aromatic rings. The van der Waals surface area contributed by atoms with Gasteiger partial charge in [-0.05, 0) is 70.8 Å². The maximum Gasteiger partial charge on any atom is 0.0485 e. The van der Waals surface area contributed by atoms with Gasteiger partial charge < -0.3 is 19.9 Å². The van der Waals surface area contributed by atoms with Crippen LogP contribution < -0.4 is 21.4 Å². The minimum absolute atomic E-state index is 1.04. The second-order valence-electron chi connectivity index (χ2n) is 12.1. The van der Waals surface area contributed by atoms with Crippen LogP contribution in [-0.4, -0.2) is 19.9 Å². The van der Waals surface area contributed by atoms with Crippen molar-refractivity contribution in [2.24, 2.45) is 0 Å². The Morgan fingerprint density at radius 3 is 0.700 bits per heavy atom. The summed E-state index contributed by atoms with van der Waals surface area (Å²) in [6.07, 6.45) is 0. The molecule has 0 saturated heterocycles. The Kier molecular flexibility index (Phi) is 8.58. The van der Waals surface area contributed by atoms with Gasteiger partial charge in [0.25, 0.3) is 0 Å². The van der Waals surface area contributed by atoms with Gasteiger partial charge in [0, 0.05) is 66.5 Å². The summed E-state index contributed by atoms with van der Waals surface area (Å²) in [7, 11) is 0. The molecule has 8 bridgehead atoms. The molecule has 0 aliphatic carbocycles. The Balaban J connectivity index is 0.00000177. The van der Waals surface area contributed by atoms with E-state index in [1.165, 1.54) is 0 Å². The van der Waals surface area contributed by atoms with Crippen LogP contribution in [-0.2, 0) is 21.0 Å². The normalized spacial score (nSPS) is 12.4. The summed E-state index contributed by atoms with van der Waals surface area (Å²) in [5.74, 6) is 0. The zero-order valence-corrected chi connectivity index (χ0v) is 28.4. The molecule has 0 radical (unpaired) electrons. The Morgan fingerprint density at radius 2 is 0.480 bits per heavy atom. The molecule has 4 N–H and O–H groups in total. The van der Waals surface area contributed by atoms with Crippen molar-refractivity contribution in [2.45, 2.75) is 0 Å². The SMILES string of the molecule is [O]=[V].c1ccc(C2=c3ccc([nH]3)=C(c3ccccc3)c3ccc([nH]3)C(c3ccccc3)=c3ccc([nH]3)=C(c3ccccc3)c3ccc2[nH]3)cc1. The minimum Gasteiger partial charge on any atom is -0.354 e. The number of H-pyrrole nitrogens is 4. The van der Waals surface area contributed by atoms with Crippen LogP contribution in [0.3, 0.4) is 0 Å². The van der Waals surface area contributed by atoms with E-state index in [1.54, 1.807) is 0 Å². The fourth-order valence-electron chi connectivity index (χ4n) is 6.99. The molecule has 1 aliphatic heterocycles. The molecule has 5 heterocycles. The molecule has 5 nitrogen and oxygen atoms in total. The number of fused-ring (bicyclic) bond motifs is 8. The number of nitrogens with one attached hydrogen (secondary N) is 4. The van der Waals surface area contributed by atoms with Gasteiger partial charge in [-0.25, -0.2) is 0 Å². The fourth-order valence-corrected chi connectivity index (χ4v) is 6.99. The van der Waals surface area contributed by atoms with Crippen molar-refractivity contribution in [3.8, 4) is 0 Å². The van der Waals surface area contributed by atoms with Crippen molar-refractivity contribution in [2.75, 3.05) is 0 Å². The van der Waals surface area contributed by atoms with E-state index >= 15 is 0 Å². The van der Waals surface area contributed by atoms with Crippen LogP contribution >= 0.6 is 0 Å². The monoisotopic (exact) mass is 683 g/mol. The Bertz CT molecular complexity index is 2300. The van der Waals surface area contributed by atoms with E-state index in [1.807, 2.05) is 0 Å². The molecule has 0 spiro atoms. The number of aromatic amines is 4. The van der Waals surface area contributed by atoms with Crippen LogP contribution in [0.15, 0.2) is 170 Å². The van der Waals surface area contributed by atoms with Gasteiger partial charge in [0.2, 0.25) is 0 Å². The molecule has 4 aromatic heterocycles. The molecular formula is C44H32N4OV. The third-order valence-corrected chi connectivity index (χ3v) is 9.15. The van der Waals surface area contributed by atoms with Crippen LogP contribution in [0.25, 0.3) is 22.3 Å². The van der Waals surface area contributed by atoms with Gasteiger partial charge in [0.05, 0.1) is 0 Å². The van der Waals surface area contributed by atoms with E-state index in [2.05, 4.69) is 190 Å². The zero-order valence-electron chi connectivity index (χ0n) is 27.0. The summed E-state index contributed by atoms with van der Waals surface area (Å²) in [5.41, 5.74) is 13.1. The molecule has 4 aromatic carbocycles. The van der Waals surface area contributed by atoms with E-state index in [4.69, 9.17) is 3.67 Å². The van der Waals surface area contributed by atoms with Crippen LogP contribution in [0.5, 0.6) is 0 Å². The van der Waals surface area contributed by atoms with Crippen molar-refractivity contribution >= 4 is 22.3 Å². The molecule has 0 atom stereocenters. The maximum absolute atomic E-state index is 8.19. The van der Waals surface area contributed by atoms with E-state index < -0.39 is 0 Å². The molecule has 0 unspecified atom stereocenters. The topological polar surface area (TPSA) is 80.2 Å². The van der Waals surface area contributed by atoms with Crippen molar-refractivity contribution < 1.29 is 21.0 Å². The predicted molar refractivity (Wildman–Crippen MR) is 195 cm³/mol. The van der Waals surface area contributed by atoms with Crippen molar-refractivity contribution in [1.29, 1.82) is 0 Å². The molecule has 0 amide bonds. The summed E-state index contributed by atoms with van der Waals surface area (Å²) in [4.78, 5) is 15.4. The standard InChI is InChI=1S/C44H32N4.O.V/c1-5-13-29(14-6-1)41-33-21-23-35(45-33)42(30-15-7-2-8-16-30)37-25-27-39(47-37)44(32-19-11-4-12-20-32)40-28-26-38(48-40)43(31-17-9-3-10-18-31)36-24-22-34(41)46-36;;/h1-28,45-48H;;. The van der Waals surface area contributed by atoms with Crippen LogP contribution in [0, 0.1) is 0 Å². The van der Waals surface area contributed by atoms with Gasteiger partial charge in [-0.3, -0.25) is 0 Å². The van der Waals surface area contributed by atoms with Gasteiger partial charge in [-0.15, -0.1) is 0 Å². The Labute approximate surface area is 298 Å². The molecule has 50 heavy (non-hydrogen) atoms. The second-order valence-corrected chi connectivity index (χ2v) is 12.1. The number of benzene rings is 4. The molecule has 6 heteroatoms. The number of aromatic nitrogens is 4. The molecule has 9 rings (SSSR count). The smallest absolute Gasteiger partial charge is 0.0485 e. The predicted octanol–water partition coefficient (Wildman–Crippen LogP) is 6.18. The summed E-state index contributed by atoms with van der Waals surface area (Å²) >= 11 is 1.06. The molecular weight excluding hydrogens is 651 g/mol. The summed E-state index contributed by atoms with van der Waals surface area (Å²) < 4.78 is 8.19. The van der Waals surface area contributed by atoms with Gasteiger partial charge in [-0.1, -0.05) is 121 Å². The van der Waals surface area contributed by atoms with Crippen molar-refractivity contribution in [3.63, 3.8) is 0 Å². The first-order valence-corrected chi connectivity index (χ1v) is 17.0. The third-order valence-electron chi connectivity index (χ3n) is 9.15. The quantitative estimate of drug-likeness (QED) is 0.176. The van der Waals surface area contributed by atoms with Gasteiger partial charge in [0.15, 0.2) is 0 Å². The first kappa shape index (κ1) is 31.2. The average Bonchev–Trinajstić information content (AvgIpc) is 4.02. The van der Waals surface area contributed by atoms with Gasteiger partial charge in [0.1, 0.15) is 0 Å². The van der Waals surface area contributed by atoms with Crippen LogP contribution in [0.4, 0.5) is 0 Å². The zero-order chi connectivity index (χ0) is 33.9.